The molecule has 0 bridgehead atoms. The summed E-state index contributed by atoms with van der Waals surface area (Å²) in [6.07, 6.45) is 3.56. The zero-order valence-electron chi connectivity index (χ0n) is 14.7. The van der Waals surface area contributed by atoms with Crippen LogP contribution in [0.15, 0.2) is 41.6 Å². The van der Waals surface area contributed by atoms with Crippen LogP contribution in [0.5, 0.6) is 5.75 Å². The van der Waals surface area contributed by atoms with E-state index < -0.39 is 10.0 Å². The third-order valence-corrected chi connectivity index (χ3v) is 6.08. The number of benzene rings is 1. The summed E-state index contributed by atoms with van der Waals surface area (Å²) in [5.74, 6) is 1.39. The molecule has 8 heteroatoms. The quantitative estimate of drug-likeness (QED) is 0.871. The molecule has 1 N–H and O–H groups in total. The number of hydrogen-bond acceptors (Lipinski definition) is 5. The van der Waals surface area contributed by atoms with Crippen molar-refractivity contribution in [2.45, 2.75) is 30.9 Å². The van der Waals surface area contributed by atoms with Gasteiger partial charge in [0.15, 0.2) is 0 Å². The van der Waals surface area contributed by atoms with Gasteiger partial charge < -0.3 is 14.6 Å². The van der Waals surface area contributed by atoms with Crippen LogP contribution in [0.1, 0.15) is 25.7 Å². The molecule has 1 aromatic heterocycles. The predicted molar refractivity (Wildman–Crippen MR) is 94.9 cm³/mol. The molecule has 1 aliphatic heterocycles. The van der Waals surface area contributed by atoms with Crippen molar-refractivity contribution in [3.05, 3.63) is 42.5 Å². The maximum absolute atomic E-state index is 13.2. The first-order valence-electron chi connectivity index (χ1n) is 8.36. The Bertz CT molecular complexity index is 815. The second kappa shape index (κ2) is 7.15. The van der Waals surface area contributed by atoms with Gasteiger partial charge in [0.1, 0.15) is 11.6 Å². The van der Waals surface area contributed by atoms with E-state index in [-0.39, 0.29) is 17.0 Å². The highest BCUT2D eigenvalue weighted by Gasteiger charge is 2.36. The molecular weight excluding hydrogens is 340 g/mol. The van der Waals surface area contributed by atoms with Crippen LogP contribution in [0.25, 0.3) is 0 Å². The third-order valence-electron chi connectivity index (χ3n) is 4.15. The topological polar surface area (TPSA) is 76.5 Å². The Morgan fingerprint density at radius 2 is 2.00 bits per heavy atom. The van der Waals surface area contributed by atoms with Crippen LogP contribution in [0.4, 0.5) is 0 Å². The van der Waals surface area contributed by atoms with E-state index in [4.69, 9.17) is 4.74 Å². The maximum atomic E-state index is 13.2. The SMILES string of the molecule is CC(C)Oc1ccc(S(=O)(=O)N2CCNCC2c2nccn2C)cc1. The molecule has 0 radical (unpaired) electrons. The minimum absolute atomic E-state index is 0.0448. The molecule has 1 fully saturated rings. The molecule has 1 atom stereocenters. The molecule has 2 aromatic rings. The number of ether oxygens (including phenoxy) is 1. The van der Waals surface area contributed by atoms with E-state index in [1.54, 1.807) is 30.5 Å². The van der Waals surface area contributed by atoms with Gasteiger partial charge >= 0.3 is 0 Å². The van der Waals surface area contributed by atoms with Crippen LogP contribution in [-0.4, -0.2) is 48.0 Å². The van der Waals surface area contributed by atoms with Crippen LogP contribution in [-0.2, 0) is 17.1 Å². The number of aromatic nitrogens is 2. The van der Waals surface area contributed by atoms with Crippen molar-refractivity contribution < 1.29 is 13.2 Å². The summed E-state index contributed by atoms with van der Waals surface area (Å²) < 4.78 is 35.3. The van der Waals surface area contributed by atoms with Crippen molar-refractivity contribution >= 4 is 10.0 Å². The molecule has 0 saturated carbocycles. The Kier molecular flexibility index (Phi) is 5.12. The molecule has 0 spiro atoms. The van der Waals surface area contributed by atoms with Gasteiger partial charge in [0.25, 0.3) is 0 Å². The van der Waals surface area contributed by atoms with Gasteiger partial charge in [0.05, 0.1) is 17.0 Å². The molecule has 0 aliphatic carbocycles. The minimum Gasteiger partial charge on any atom is -0.491 e. The smallest absolute Gasteiger partial charge is 0.243 e. The summed E-state index contributed by atoms with van der Waals surface area (Å²) in [4.78, 5) is 4.61. The van der Waals surface area contributed by atoms with Gasteiger partial charge in [0, 0.05) is 39.1 Å². The predicted octanol–water partition coefficient (Wildman–Crippen LogP) is 1.54. The van der Waals surface area contributed by atoms with E-state index in [0.717, 1.165) is 5.82 Å². The zero-order valence-corrected chi connectivity index (χ0v) is 15.5. The highest BCUT2D eigenvalue weighted by atomic mass is 32.2. The van der Waals surface area contributed by atoms with E-state index in [2.05, 4.69) is 10.3 Å². The van der Waals surface area contributed by atoms with E-state index in [1.165, 1.54) is 4.31 Å². The van der Waals surface area contributed by atoms with Crippen LogP contribution in [0.2, 0.25) is 0 Å². The highest BCUT2D eigenvalue weighted by molar-refractivity contribution is 7.89. The summed E-state index contributed by atoms with van der Waals surface area (Å²) in [7, 11) is -1.74. The van der Waals surface area contributed by atoms with E-state index in [0.29, 0.717) is 25.4 Å². The summed E-state index contributed by atoms with van der Waals surface area (Å²) in [5.41, 5.74) is 0. The van der Waals surface area contributed by atoms with Crippen molar-refractivity contribution in [3.8, 4) is 5.75 Å². The molecule has 1 aliphatic rings. The molecule has 0 amide bonds. The van der Waals surface area contributed by atoms with Gasteiger partial charge in [-0.25, -0.2) is 13.4 Å². The van der Waals surface area contributed by atoms with Crippen LogP contribution in [0, 0.1) is 0 Å². The Labute approximate surface area is 148 Å². The average molecular weight is 364 g/mol. The van der Waals surface area contributed by atoms with Gasteiger partial charge in [-0.1, -0.05) is 0 Å². The van der Waals surface area contributed by atoms with Gasteiger partial charge in [-0.2, -0.15) is 4.31 Å². The fourth-order valence-electron chi connectivity index (χ4n) is 2.99. The van der Waals surface area contributed by atoms with Crippen molar-refractivity contribution in [1.29, 1.82) is 0 Å². The van der Waals surface area contributed by atoms with Crippen molar-refractivity contribution in [2.75, 3.05) is 19.6 Å². The first-order valence-corrected chi connectivity index (χ1v) is 9.80. The van der Waals surface area contributed by atoms with Crippen molar-refractivity contribution in [3.63, 3.8) is 0 Å². The monoisotopic (exact) mass is 364 g/mol. The summed E-state index contributed by atoms with van der Waals surface area (Å²) in [5, 5.41) is 3.26. The van der Waals surface area contributed by atoms with E-state index in [1.807, 2.05) is 31.7 Å². The lowest BCUT2D eigenvalue weighted by atomic mass is 10.2. The van der Waals surface area contributed by atoms with Gasteiger partial charge in [-0.15, -0.1) is 0 Å². The lowest BCUT2D eigenvalue weighted by Gasteiger charge is -2.34. The molecule has 25 heavy (non-hydrogen) atoms. The van der Waals surface area contributed by atoms with Crippen molar-refractivity contribution in [2.24, 2.45) is 7.05 Å². The Hall–Kier alpha value is -1.90. The van der Waals surface area contributed by atoms with Crippen molar-refractivity contribution in [1.82, 2.24) is 19.2 Å². The Balaban J connectivity index is 1.90. The fourth-order valence-corrected chi connectivity index (χ4v) is 4.58. The number of piperazine rings is 1. The molecule has 3 rings (SSSR count). The normalized spacial score (nSPS) is 19.3. The van der Waals surface area contributed by atoms with Crippen LogP contribution in [0.3, 0.4) is 0 Å². The Morgan fingerprint density at radius 1 is 1.28 bits per heavy atom. The molecule has 1 saturated heterocycles. The number of rotatable bonds is 5. The van der Waals surface area contributed by atoms with E-state index >= 15 is 0 Å². The number of sulfonamides is 1. The molecule has 2 heterocycles. The number of hydrogen-bond donors (Lipinski definition) is 1. The van der Waals surface area contributed by atoms with Gasteiger partial charge in [-0.05, 0) is 38.1 Å². The number of imidazole rings is 1. The number of nitrogens with one attached hydrogen (secondary N) is 1. The molecule has 7 nitrogen and oxygen atoms in total. The van der Waals surface area contributed by atoms with Gasteiger partial charge in [0.2, 0.25) is 10.0 Å². The lowest BCUT2D eigenvalue weighted by Crippen LogP contribution is -2.49. The molecular formula is C17H24N4O3S. The summed E-state index contributed by atoms with van der Waals surface area (Å²) >= 11 is 0. The zero-order chi connectivity index (χ0) is 18.0. The maximum Gasteiger partial charge on any atom is 0.243 e. The van der Waals surface area contributed by atoms with Gasteiger partial charge in [-0.3, -0.25) is 0 Å². The number of aryl methyl sites for hydroxylation is 1. The number of nitrogens with zero attached hydrogens (tertiary/aromatic N) is 3. The summed E-state index contributed by atoms with van der Waals surface area (Å²) in [6, 6.07) is 6.27. The first-order chi connectivity index (χ1) is 11.9. The molecule has 1 aromatic carbocycles. The first kappa shape index (κ1) is 17.9. The highest BCUT2D eigenvalue weighted by Crippen LogP contribution is 2.28. The average Bonchev–Trinajstić information content (AvgIpc) is 3.01. The summed E-state index contributed by atoms with van der Waals surface area (Å²) in [6.45, 7) is 5.43. The standard InChI is InChI=1S/C17H24N4O3S/c1-13(2)24-14-4-6-15(7-5-14)25(22,23)21-11-8-18-12-16(21)17-19-9-10-20(17)3/h4-7,9-10,13,16,18H,8,11-12H2,1-3H3. The molecule has 136 valence electrons. The molecule has 1 unspecified atom stereocenters. The second-order valence-electron chi connectivity index (χ2n) is 6.37. The van der Waals surface area contributed by atoms with Crippen LogP contribution < -0.4 is 10.1 Å². The van der Waals surface area contributed by atoms with Crippen LogP contribution >= 0.6 is 0 Å². The minimum atomic E-state index is -3.61. The third kappa shape index (κ3) is 3.70. The second-order valence-corrected chi connectivity index (χ2v) is 8.26. The lowest BCUT2D eigenvalue weighted by molar-refractivity contribution is 0.242. The fraction of sp³-hybridized carbons (Fsp3) is 0.471. The van der Waals surface area contributed by atoms with E-state index in [9.17, 15) is 8.42 Å². The largest absolute Gasteiger partial charge is 0.491 e. The Morgan fingerprint density at radius 3 is 2.60 bits per heavy atom.